The predicted octanol–water partition coefficient (Wildman–Crippen LogP) is 7.32. The summed E-state index contributed by atoms with van der Waals surface area (Å²) in [6.07, 6.45) is 2.17. The number of fused-ring (bicyclic) bond motifs is 4. The molecule has 1 unspecified atom stereocenters. The van der Waals surface area contributed by atoms with E-state index in [1.54, 1.807) is 18.3 Å². The molecule has 0 saturated carbocycles. The molecule has 0 aliphatic carbocycles. The Morgan fingerprint density at radius 3 is 2.74 bits per heavy atom. The number of hydrogen-bond donors (Lipinski definition) is 1. The Morgan fingerprint density at radius 2 is 2.00 bits per heavy atom. The van der Waals surface area contributed by atoms with Gasteiger partial charge in [-0.1, -0.05) is 39.7 Å². The Morgan fingerprint density at radius 1 is 1.26 bits per heavy atom. The minimum atomic E-state index is 0.389. The molecular weight excluding hydrogens is 471 g/mol. The maximum atomic E-state index is 8.92. The van der Waals surface area contributed by atoms with E-state index < -0.39 is 0 Å². The monoisotopic (exact) mass is 492 g/mol. The number of hydrogen-bond acceptors (Lipinski definition) is 6. The quantitative estimate of drug-likeness (QED) is 0.303. The standard InChI is InChI=1S/C20H17Cl2N3S2.C2H5NO/c1-26-10-11-8-25(20-24-16-5-3-13(22)7-18(16)27-20)9-17-19(11)14-6-12(21)2-4-15(14)23-17;1-2-3-4/h2-7,11,23H,8-10H2,1H3;2H2,1H3. The van der Waals surface area contributed by atoms with E-state index >= 15 is 0 Å². The Balaban J connectivity index is 0.000000535. The van der Waals surface area contributed by atoms with Crippen LogP contribution in [-0.4, -0.2) is 35.1 Å². The molecule has 1 atom stereocenters. The van der Waals surface area contributed by atoms with E-state index in [4.69, 9.17) is 33.1 Å². The fraction of sp³-hybridized carbons (Fsp3) is 0.318. The highest BCUT2D eigenvalue weighted by Gasteiger charge is 2.30. The van der Waals surface area contributed by atoms with Crippen molar-refractivity contribution in [2.24, 2.45) is 5.18 Å². The molecule has 0 fully saturated rings. The van der Waals surface area contributed by atoms with Crippen molar-refractivity contribution in [3.8, 4) is 0 Å². The summed E-state index contributed by atoms with van der Waals surface area (Å²) in [5.74, 6) is 1.51. The van der Waals surface area contributed by atoms with Gasteiger partial charge in [-0.2, -0.15) is 16.7 Å². The minimum absolute atomic E-state index is 0.389. The molecule has 1 aliphatic heterocycles. The topological polar surface area (TPSA) is 61.4 Å². The van der Waals surface area contributed by atoms with Crippen LogP contribution in [0.2, 0.25) is 10.0 Å². The van der Waals surface area contributed by atoms with E-state index in [0.717, 1.165) is 49.8 Å². The van der Waals surface area contributed by atoms with Crippen molar-refractivity contribution >= 4 is 72.6 Å². The second kappa shape index (κ2) is 9.77. The molecule has 0 radical (unpaired) electrons. The number of nitrogens with zero attached hydrogens (tertiary/aromatic N) is 3. The molecule has 0 amide bonds. The number of rotatable bonds is 4. The number of nitrogens with one attached hydrogen (secondary N) is 1. The summed E-state index contributed by atoms with van der Waals surface area (Å²) >= 11 is 16.0. The van der Waals surface area contributed by atoms with Crippen LogP contribution in [0.25, 0.3) is 21.1 Å². The highest BCUT2D eigenvalue weighted by atomic mass is 35.5. The van der Waals surface area contributed by atoms with Gasteiger partial charge in [0, 0.05) is 44.9 Å². The molecule has 2 aromatic heterocycles. The van der Waals surface area contributed by atoms with E-state index in [9.17, 15) is 0 Å². The number of thioether (sulfide) groups is 1. The maximum Gasteiger partial charge on any atom is 0.186 e. The minimum Gasteiger partial charge on any atom is -0.357 e. The molecule has 2 aromatic carbocycles. The lowest BCUT2D eigenvalue weighted by Crippen LogP contribution is -2.34. The van der Waals surface area contributed by atoms with Gasteiger partial charge in [0.05, 0.1) is 23.3 Å². The Hall–Kier alpha value is -1.80. The van der Waals surface area contributed by atoms with Gasteiger partial charge in [-0.05, 0) is 55.1 Å². The molecule has 3 heterocycles. The third-order valence-corrected chi connectivity index (χ3v) is 7.47. The highest BCUT2D eigenvalue weighted by Crippen LogP contribution is 2.40. The summed E-state index contributed by atoms with van der Waals surface area (Å²) in [4.78, 5) is 19.8. The second-order valence-electron chi connectivity index (χ2n) is 7.29. The van der Waals surface area contributed by atoms with Crippen LogP contribution < -0.4 is 4.90 Å². The summed E-state index contributed by atoms with van der Waals surface area (Å²) in [6, 6.07) is 12.0. The van der Waals surface area contributed by atoms with E-state index in [1.807, 2.05) is 36.0 Å². The highest BCUT2D eigenvalue weighted by molar-refractivity contribution is 7.98. The Kier molecular flexibility index (Phi) is 7.06. The number of aromatic amines is 1. The lowest BCUT2D eigenvalue weighted by atomic mass is 9.93. The number of thiazole rings is 1. The van der Waals surface area contributed by atoms with Crippen LogP contribution in [0.3, 0.4) is 0 Å². The van der Waals surface area contributed by atoms with Crippen LogP contribution >= 0.6 is 46.3 Å². The van der Waals surface area contributed by atoms with Crippen molar-refractivity contribution in [1.29, 1.82) is 0 Å². The van der Waals surface area contributed by atoms with Crippen molar-refractivity contribution in [1.82, 2.24) is 9.97 Å². The van der Waals surface area contributed by atoms with Gasteiger partial charge in [-0.25, -0.2) is 4.98 Å². The zero-order valence-electron chi connectivity index (χ0n) is 17.2. The van der Waals surface area contributed by atoms with Crippen LogP contribution in [0.4, 0.5) is 5.13 Å². The lowest BCUT2D eigenvalue weighted by molar-refractivity contribution is 0.643. The molecular formula is C22H22Cl2N4OS2. The number of anilines is 1. The van der Waals surface area contributed by atoms with Crippen LogP contribution in [0.5, 0.6) is 0 Å². The molecule has 9 heteroatoms. The first-order valence-electron chi connectivity index (χ1n) is 9.93. The average molecular weight is 493 g/mol. The van der Waals surface area contributed by atoms with E-state index in [2.05, 4.69) is 33.4 Å². The third kappa shape index (κ3) is 4.70. The smallest absolute Gasteiger partial charge is 0.186 e. The average Bonchev–Trinajstić information content (AvgIpc) is 3.34. The SMILES string of the molecule is CCN=O.CSCC1CN(c2nc3ccc(Cl)cc3s2)Cc2[nH]c3ccc(Cl)cc3c21. The Bertz CT molecular complexity index is 1220. The van der Waals surface area contributed by atoms with Crippen LogP contribution in [-0.2, 0) is 6.54 Å². The van der Waals surface area contributed by atoms with Gasteiger partial charge in [0.2, 0.25) is 0 Å². The molecule has 0 bridgehead atoms. The Labute approximate surface area is 199 Å². The molecule has 0 spiro atoms. The summed E-state index contributed by atoms with van der Waals surface area (Å²) < 4.78 is 1.13. The lowest BCUT2D eigenvalue weighted by Gasteiger charge is -2.32. The number of H-pyrrole nitrogens is 1. The van der Waals surface area contributed by atoms with E-state index in [0.29, 0.717) is 12.5 Å². The first kappa shape index (κ1) is 22.4. The van der Waals surface area contributed by atoms with Gasteiger partial charge in [0.25, 0.3) is 0 Å². The van der Waals surface area contributed by atoms with Gasteiger partial charge >= 0.3 is 0 Å². The largest absolute Gasteiger partial charge is 0.357 e. The van der Waals surface area contributed by atoms with Crippen molar-refractivity contribution in [2.75, 3.05) is 30.0 Å². The summed E-state index contributed by atoms with van der Waals surface area (Å²) in [5, 5.41) is 6.34. The molecule has 1 N–H and O–H groups in total. The molecule has 1 aliphatic rings. The van der Waals surface area contributed by atoms with Crippen molar-refractivity contribution in [2.45, 2.75) is 19.4 Å². The fourth-order valence-corrected chi connectivity index (χ4v) is 6.05. The predicted molar refractivity (Wildman–Crippen MR) is 136 cm³/mol. The molecule has 31 heavy (non-hydrogen) atoms. The molecule has 0 saturated heterocycles. The van der Waals surface area contributed by atoms with Crippen LogP contribution in [0.15, 0.2) is 41.6 Å². The summed E-state index contributed by atoms with van der Waals surface area (Å²) in [7, 11) is 0. The zero-order chi connectivity index (χ0) is 22.0. The molecule has 4 aromatic rings. The first-order chi connectivity index (χ1) is 15.0. The van der Waals surface area contributed by atoms with Gasteiger partial charge in [0.15, 0.2) is 5.13 Å². The summed E-state index contributed by atoms with van der Waals surface area (Å²) in [5.41, 5.74) is 4.86. The van der Waals surface area contributed by atoms with Crippen LogP contribution in [0, 0.1) is 4.91 Å². The molecule has 5 nitrogen and oxygen atoms in total. The zero-order valence-corrected chi connectivity index (χ0v) is 20.3. The molecule has 5 rings (SSSR count). The molecule has 162 valence electrons. The third-order valence-electron chi connectivity index (χ3n) is 5.19. The van der Waals surface area contributed by atoms with Crippen molar-refractivity contribution in [3.63, 3.8) is 0 Å². The van der Waals surface area contributed by atoms with Crippen LogP contribution in [0.1, 0.15) is 24.1 Å². The van der Waals surface area contributed by atoms with Gasteiger partial charge < -0.3 is 9.88 Å². The van der Waals surface area contributed by atoms with Gasteiger partial charge in [-0.15, -0.1) is 0 Å². The number of aromatic nitrogens is 2. The van der Waals surface area contributed by atoms with Crippen molar-refractivity contribution < 1.29 is 0 Å². The number of halogens is 2. The van der Waals surface area contributed by atoms with Gasteiger partial charge in [0.1, 0.15) is 0 Å². The van der Waals surface area contributed by atoms with E-state index in [-0.39, 0.29) is 0 Å². The normalized spacial score (nSPS) is 15.6. The first-order valence-corrected chi connectivity index (χ1v) is 12.9. The number of benzene rings is 2. The van der Waals surface area contributed by atoms with Gasteiger partial charge in [-0.3, -0.25) is 0 Å². The van der Waals surface area contributed by atoms with E-state index in [1.165, 1.54) is 16.6 Å². The second-order valence-corrected chi connectivity index (χ2v) is 10.1. The maximum absolute atomic E-state index is 8.92. The number of nitroso groups, excluding NO2 is 1. The fourth-order valence-electron chi connectivity index (χ4n) is 3.95. The summed E-state index contributed by atoms with van der Waals surface area (Å²) in [6.45, 7) is 3.88. The van der Waals surface area contributed by atoms with Crippen molar-refractivity contribution in [3.05, 3.63) is 62.6 Å².